The summed E-state index contributed by atoms with van der Waals surface area (Å²) in [6.07, 6.45) is 5.90. The summed E-state index contributed by atoms with van der Waals surface area (Å²) in [5, 5.41) is 0. The van der Waals surface area contributed by atoms with E-state index in [9.17, 15) is 0 Å². The summed E-state index contributed by atoms with van der Waals surface area (Å²) in [5.74, 6) is 0. The first-order chi connectivity index (χ1) is 10.1. The molecule has 1 rings (SSSR count). The van der Waals surface area contributed by atoms with Crippen molar-refractivity contribution in [2.45, 2.75) is 84.7 Å². The minimum Gasteiger partial charge on any atom is -0.399 e. The monoisotopic (exact) mass is 305 g/mol. The summed E-state index contributed by atoms with van der Waals surface area (Å²) >= 11 is 0. The molecular weight excluding hydrogens is 270 g/mol. The zero-order chi connectivity index (χ0) is 16.8. The Labute approximate surface area is 137 Å². The molecule has 0 heterocycles. The highest BCUT2D eigenvalue weighted by Gasteiger charge is 2.14. The molecule has 1 aromatic carbocycles. The third kappa shape index (κ3) is 7.31. The number of rotatable bonds is 7. The Morgan fingerprint density at radius 1 is 0.909 bits per heavy atom. The molecule has 0 aliphatic carbocycles. The number of hydrogen-bond acceptors (Lipinski definition) is 2. The second kappa shape index (κ2) is 8.01. The highest BCUT2D eigenvalue weighted by Crippen LogP contribution is 2.26. The van der Waals surface area contributed by atoms with Gasteiger partial charge in [0.15, 0.2) is 0 Å². The van der Waals surface area contributed by atoms with Crippen molar-refractivity contribution in [3.8, 4) is 0 Å². The molecule has 0 aliphatic rings. The Balaban J connectivity index is 2.33. The molecule has 0 atom stereocenters. The molecule has 126 valence electrons. The smallest absolute Gasteiger partial charge is 0.0598 e. The lowest BCUT2D eigenvalue weighted by Crippen LogP contribution is -2.19. The largest absolute Gasteiger partial charge is 0.399 e. The van der Waals surface area contributed by atoms with Gasteiger partial charge in [-0.15, -0.1) is 0 Å². The topological polar surface area (TPSA) is 35.2 Å². The van der Waals surface area contributed by atoms with Crippen molar-refractivity contribution in [3.63, 3.8) is 0 Å². The molecule has 0 aromatic heterocycles. The van der Waals surface area contributed by atoms with Crippen LogP contribution in [0.3, 0.4) is 0 Å². The van der Waals surface area contributed by atoms with E-state index in [1.165, 1.54) is 30.4 Å². The lowest BCUT2D eigenvalue weighted by atomic mass is 9.85. The summed E-state index contributed by atoms with van der Waals surface area (Å²) in [7, 11) is 0. The third-order valence-corrected chi connectivity index (χ3v) is 3.88. The molecule has 2 nitrogen and oxygen atoms in total. The zero-order valence-corrected chi connectivity index (χ0v) is 15.5. The van der Waals surface area contributed by atoms with Crippen molar-refractivity contribution in [2.75, 3.05) is 12.3 Å². The second-order valence-electron chi connectivity index (χ2n) is 8.29. The van der Waals surface area contributed by atoms with Crippen LogP contribution in [0, 0.1) is 0 Å². The molecule has 0 aliphatic heterocycles. The maximum absolute atomic E-state index is 6.12. The lowest BCUT2D eigenvalue weighted by molar-refractivity contribution is -0.00473. The molecule has 0 saturated carbocycles. The summed E-state index contributed by atoms with van der Waals surface area (Å²) < 4.78 is 5.75. The number of anilines is 1. The standard InChI is InChI=1S/C20H35NO/c1-19(2,3)17-12-13-18(21)16(15-17)11-9-7-8-10-14-22-20(4,5)6/h12-13,15H,7-11,14,21H2,1-6H3. The predicted octanol–water partition coefficient (Wildman–Crippen LogP) is 5.48. The van der Waals surface area contributed by atoms with Crippen LogP contribution in [0.25, 0.3) is 0 Å². The Hall–Kier alpha value is -1.02. The fourth-order valence-corrected chi connectivity index (χ4v) is 2.44. The highest BCUT2D eigenvalue weighted by molar-refractivity contribution is 5.49. The minimum atomic E-state index is -0.0121. The number of unbranched alkanes of at least 4 members (excludes halogenated alkanes) is 3. The fourth-order valence-electron chi connectivity index (χ4n) is 2.44. The van der Waals surface area contributed by atoms with Gasteiger partial charge in [0.1, 0.15) is 0 Å². The molecule has 0 radical (unpaired) electrons. The Morgan fingerprint density at radius 2 is 1.55 bits per heavy atom. The average Bonchev–Trinajstić information content (AvgIpc) is 2.37. The minimum absolute atomic E-state index is 0.0121. The van der Waals surface area contributed by atoms with Crippen molar-refractivity contribution in [1.29, 1.82) is 0 Å². The lowest BCUT2D eigenvalue weighted by Gasteiger charge is -2.21. The van der Waals surface area contributed by atoms with Gasteiger partial charge in [-0.05, 0) is 62.6 Å². The summed E-state index contributed by atoms with van der Waals surface area (Å²) in [6.45, 7) is 13.9. The molecule has 0 saturated heterocycles. The van der Waals surface area contributed by atoms with Gasteiger partial charge in [-0.2, -0.15) is 0 Å². The maximum atomic E-state index is 6.12. The summed E-state index contributed by atoms with van der Waals surface area (Å²) in [5.41, 5.74) is 9.91. The van der Waals surface area contributed by atoms with Crippen LogP contribution in [-0.2, 0) is 16.6 Å². The van der Waals surface area contributed by atoms with Crippen LogP contribution in [0.5, 0.6) is 0 Å². The van der Waals surface area contributed by atoms with Gasteiger partial charge in [0.2, 0.25) is 0 Å². The highest BCUT2D eigenvalue weighted by atomic mass is 16.5. The SMILES string of the molecule is CC(C)(C)OCCCCCCc1cc(C(C)(C)C)ccc1N. The van der Waals surface area contributed by atoms with Gasteiger partial charge in [-0.3, -0.25) is 0 Å². The van der Waals surface area contributed by atoms with E-state index in [1.54, 1.807) is 0 Å². The van der Waals surface area contributed by atoms with Gasteiger partial charge in [0, 0.05) is 12.3 Å². The zero-order valence-electron chi connectivity index (χ0n) is 15.5. The number of ether oxygens (including phenoxy) is 1. The number of hydrogen-bond donors (Lipinski definition) is 1. The van der Waals surface area contributed by atoms with Crippen LogP contribution in [0.1, 0.15) is 78.4 Å². The van der Waals surface area contributed by atoms with E-state index in [1.807, 2.05) is 0 Å². The summed E-state index contributed by atoms with van der Waals surface area (Å²) in [6, 6.07) is 6.51. The van der Waals surface area contributed by atoms with Crippen molar-refractivity contribution in [3.05, 3.63) is 29.3 Å². The van der Waals surface area contributed by atoms with Crippen molar-refractivity contribution < 1.29 is 4.74 Å². The summed E-state index contributed by atoms with van der Waals surface area (Å²) in [4.78, 5) is 0. The number of nitrogens with two attached hydrogens (primary N) is 1. The molecule has 0 fully saturated rings. The molecule has 22 heavy (non-hydrogen) atoms. The average molecular weight is 306 g/mol. The van der Waals surface area contributed by atoms with Crippen molar-refractivity contribution in [2.24, 2.45) is 0 Å². The van der Waals surface area contributed by atoms with Crippen molar-refractivity contribution in [1.82, 2.24) is 0 Å². The van der Waals surface area contributed by atoms with Gasteiger partial charge >= 0.3 is 0 Å². The van der Waals surface area contributed by atoms with E-state index < -0.39 is 0 Å². The van der Waals surface area contributed by atoms with Gasteiger partial charge in [0.05, 0.1) is 5.60 Å². The van der Waals surface area contributed by atoms with Crippen LogP contribution >= 0.6 is 0 Å². The van der Waals surface area contributed by atoms with Crippen molar-refractivity contribution >= 4 is 5.69 Å². The molecule has 2 N–H and O–H groups in total. The predicted molar refractivity (Wildman–Crippen MR) is 97.4 cm³/mol. The van der Waals surface area contributed by atoms with Gasteiger partial charge < -0.3 is 10.5 Å². The van der Waals surface area contributed by atoms with Crippen LogP contribution < -0.4 is 5.73 Å². The number of aryl methyl sites for hydroxylation is 1. The molecule has 0 amide bonds. The second-order valence-corrected chi connectivity index (χ2v) is 8.29. The number of benzene rings is 1. The van der Waals surface area contributed by atoms with E-state index in [-0.39, 0.29) is 11.0 Å². The van der Waals surface area contributed by atoms with Gasteiger partial charge in [-0.1, -0.05) is 45.7 Å². The van der Waals surface area contributed by atoms with Gasteiger partial charge in [-0.25, -0.2) is 0 Å². The van der Waals surface area contributed by atoms with Crippen LogP contribution in [0.2, 0.25) is 0 Å². The molecule has 0 spiro atoms. The van der Waals surface area contributed by atoms with E-state index in [0.29, 0.717) is 0 Å². The van der Waals surface area contributed by atoms with Crippen LogP contribution in [-0.4, -0.2) is 12.2 Å². The molecule has 1 aromatic rings. The maximum Gasteiger partial charge on any atom is 0.0598 e. The quantitative estimate of drug-likeness (QED) is 0.534. The Bertz CT molecular complexity index is 452. The Morgan fingerprint density at radius 3 is 2.14 bits per heavy atom. The van der Waals surface area contributed by atoms with E-state index >= 15 is 0 Å². The first-order valence-corrected chi connectivity index (χ1v) is 8.62. The molecule has 2 heteroatoms. The van der Waals surface area contributed by atoms with Gasteiger partial charge in [0.25, 0.3) is 0 Å². The van der Waals surface area contributed by atoms with E-state index in [0.717, 1.165) is 25.1 Å². The fraction of sp³-hybridized carbons (Fsp3) is 0.700. The molecular formula is C20H35NO. The van der Waals surface area contributed by atoms with Crippen LogP contribution in [0.15, 0.2) is 18.2 Å². The Kier molecular flexibility index (Phi) is 6.93. The normalized spacial score (nSPS) is 12.6. The van der Waals surface area contributed by atoms with E-state index in [4.69, 9.17) is 10.5 Å². The number of nitrogen functional groups attached to an aromatic ring is 1. The molecule has 0 bridgehead atoms. The van der Waals surface area contributed by atoms with E-state index in [2.05, 4.69) is 59.7 Å². The third-order valence-electron chi connectivity index (χ3n) is 3.88. The molecule has 0 unspecified atom stereocenters. The first-order valence-electron chi connectivity index (χ1n) is 8.62. The first kappa shape index (κ1) is 19.0. The van der Waals surface area contributed by atoms with Crippen LogP contribution in [0.4, 0.5) is 5.69 Å².